The van der Waals surface area contributed by atoms with E-state index in [1.165, 1.54) is 51.4 Å². The SMILES string of the molecule is CCOC(=O)C1CCCCCCCCCC1. The highest BCUT2D eigenvalue weighted by Crippen LogP contribution is 2.22. The van der Waals surface area contributed by atoms with Crippen LogP contribution in [-0.4, -0.2) is 12.6 Å². The van der Waals surface area contributed by atoms with Gasteiger partial charge in [0.25, 0.3) is 0 Å². The van der Waals surface area contributed by atoms with Crippen molar-refractivity contribution >= 4 is 5.97 Å². The van der Waals surface area contributed by atoms with Gasteiger partial charge in [0.2, 0.25) is 0 Å². The molecular formula is C14H26O2. The van der Waals surface area contributed by atoms with Crippen LogP contribution >= 0.6 is 0 Å². The van der Waals surface area contributed by atoms with Crippen molar-refractivity contribution in [2.24, 2.45) is 5.92 Å². The number of rotatable bonds is 2. The third kappa shape index (κ3) is 5.53. The zero-order valence-electron chi connectivity index (χ0n) is 10.7. The van der Waals surface area contributed by atoms with E-state index >= 15 is 0 Å². The third-order valence-corrected chi connectivity index (χ3v) is 3.48. The molecule has 1 aliphatic carbocycles. The van der Waals surface area contributed by atoms with E-state index in [9.17, 15) is 4.79 Å². The summed E-state index contributed by atoms with van der Waals surface area (Å²) in [5.41, 5.74) is 0. The Hall–Kier alpha value is -0.530. The summed E-state index contributed by atoms with van der Waals surface area (Å²) in [7, 11) is 0. The predicted octanol–water partition coefficient (Wildman–Crippen LogP) is 4.08. The van der Waals surface area contributed by atoms with Crippen molar-refractivity contribution in [2.45, 2.75) is 71.1 Å². The summed E-state index contributed by atoms with van der Waals surface area (Å²) in [6, 6.07) is 0. The third-order valence-electron chi connectivity index (χ3n) is 3.48. The molecule has 0 aliphatic heterocycles. The van der Waals surface area contributed by atoms with Crippen LogP contribution in [-0.2, 0) is 9.53 Å². The lowest BCUT2D eigenvalue weighted by atomic mass is 9.95. The average Bonchev–Trinajstić information content (AvgIpc) is 2.34. The van der Waals surface area contributed by atoms with Crippen LogP contribution < -0.4 is 0 Å². The van der Waals surface area contributed by atoms with Crippen LogP contribution in [0.25, 0.3) is 0 Å². The van der Waals surface area contributed by atoms with E-state index < -0.39 is 0 Å². The van der Waals surface area contributed by atoms with Crippen molar-refractivity contribution in [3.05, 3.63) is 0 Å². The molecule has 1 aliphatic rings. The van der Waals surface area contributed by atoms with Gasteiger partial charge in [0.1, 0.15) is 0 Å². The first-order valence-corrected chi connectivity index (χ1v) is 7.01. The molecule has 0 heterocycles. The molecule has 0 aromatic rings. The molecule has 0 aromatic carbocycles. The lowest BCUT2D eigenvalue weighted by molar-refractivity contribution is -0.148. The molecule has 0 radical (unpaired) electrons. The summed E-state index contributed by atoms with van der Waals surface area (Å²) in [6.45, 7) is 2.42. The lowest BCUT2D eigenvalue weighted by Crippen LogP contribution is -2.17. The molecule has 1 saturated carbocycles. The molecule has 2 nitrogen and oxygen atoms in total. The van der Waals surface area contributed by atoms with E-state index in [4.69, 9.17) is 4.74 Å². The highest BCUT2D eigenvalue weighted by Gasteiger charge is 2.18. The molecule has 94 valence electrons. The van der Waals surface area contributed by atoms with Gasteiger partial charge in [0.15, 0.2) is 0 Å². The normalized spacial score (nSPS) is 21.1. The minimum absolute atomic E-state index is 0.0433. The first kappa shape index (κ1) is 13.5. The van der Waals surface area contributed by atoms with Gasteiger partial charge in [-0.25, -0.2) is 0 Å². The molecule has 0 atom stereocenters. The first-order chi connectivity index (χ1) is 7.84. The second kappa shape index (κ2) is 8.60. The Morgan fingerprint density at radius 2 is 1.38 bits per heavy atom. The van der Waals surface area contributed by atoms with Crippen molar-refractivity contribution in [3.8, 4) is 0 Å². The average molecular weight is 226 g/mol. The second-order valence-electron chi connectivity index (χ2n) is 4.85. The maximum atomic E-state index is 11.7. The summed E-state index contributed by atoms with van der Waals surface area (Å²) in [5.74, 6) is 0.222. The Bertz CT molecular complexity index is 177. The second-order valence-corrected chi connectivity index (χ2v) is 4.85. The highest BCUT2D eigenvalue weighted by molar-refractivity contribution is 5.72. The van der Waals surface area contributed by atoms with Crippen LogP contribution in [0.1, 0.15) is 71.1 Å². The molecular weight excluding hydrogens is 200 g/mol. The van der Waals surface area contributed by atoms with Gasteiger partial charge in [-0.2, -0.15) is 0 Å². The summed E-state index contributed by atoms with van der Waals surface area (Å²) < 4.78 is 5.14. The Morgan fingerprint density at radius 3 is 1.81 bits per heavy atom. The fourth-order valence-corrected chi connectivity index (χ4v) is 2.48. The van der Waals surface area contributed by atoms with Crippen LogP contribution in [0.3, 0.4) is 0 Å². The maximum absolute atomic E-state index is 11.7. The molecule has 0 unspecified atom stereocenters. The molecule has 0 bridgehead atoms. The van der Waals surface area contributed by atoms with Crippen LogP contribution in [0.2, 0.25) is 0 Å². The standard InChI is InChI=1S/C14H26O2/c1-2-16-14(15)13-11-9-7-5-3-4-6-8-10-12-13/h13H,2-12H2,1H3. The van der Waals surface area contributed by atoms with Crippen molar-refractivity contribution in [2.75, 3.05) is 6.61 Å². The summed E-state index contributed by atoms with van der Waals surface area (Å²) in [5, 5.41) is 0. The van der Waals surface area contributed by atoms with Gasteiger partial charge in [-0.3, -0.25) is 4.79 Å². The molecule has 0 N–H and O–H groups in total. The quantitative estimate of drug-likeness (QED) is 0.663. The number of esters is 1. The summed E-state index contributed by atoms with van der Waals surface area (Å²) in [4.78, 5) is 11.7. The van der Waals surface area contributed by atoms with Crippen molar-refractivity contribution in [1.29, 1.82) is 0 Å². The van der Waals surface area contributed by atoms with Gasteiger partial charge in [-0.15, -0.1) is 0 Å². The highest BCUT2D eigenvalue weighted by atomic mass is 16.5. The Balaban J connectivity index is 2.35. The Morgan fingerprint density at radius 1 is 0.938 bits per heavy atom. The number of hydrogen-bond acceptors (Lipinski definition) is 2. The molecule has 0 aromatic heterocycles. The van der Waals surface area contributed by atoms with E-state index in [1.54, 1.807) is 0 Å². The predicted molar refractivity (Wildman–Crippen MR) is 66.3 cm³/mol. The fraction of sp³-hybridized carbons (Fsp3) is 0.929. The zero-order chi connectivity index (χ0) is 11.6. The fourth-order valence-electron chi connectivity index (χ4n) is 2.48. The molecule has 16 heavy (non-hydrogen) atoms. The minimum Gasteiger partial charge on any atom is -0.466 e. The van der Waals surface area contributed by atoms with Crippen molar-refractivity contribution < 1.29 is 9.53 Å². The number of ether oxygens (including phenoxy) is 1. The Labute approximate surface area is 99.8 Å². The molecule has 0 spiro atoms. The van der Waals surface area contributed by atoms with Crippen molar-refractivity contribution in [1.82, 2.24) is 0 Å². The van der Waals surface area contributed by atoms with E-state index in [0.717, 1.165) is 12.8 Å². The van der Waals surface area contributed by atoms with E-state index in [0.29, 0.717) is 6.61 Å². The van der Waals surface area contributed by atoms with Gasteiger partial charge < -0.3 is 4.74 Å². The van der Waals surface area contributed by atoms with Crippen LogP contribution in [0, 0.1) is 5.92 Å². The van der Waals surface area contributed by atoms with Gasteiger partial charge in [-0.1, -0.05) is 51.4 Å². The summed E-state index contributed by atoms with van der Waals surface area (Å²) in [6.07, 6.45) is 12.5. The molecule has 0 amide bonds. The lowest BCUT2D eigenvalue weighted by Gasteiger charge is -2.14. The van der Waals surface area contributed by atoms with Crippen LogP contribution in [0.5, 0.6) is 0 Å². The van der Waals surface area contributed by atoms with Gasteiger partial charge in [0, 0.05) is 0 Å². The van der Waals surface area contributed by atoms with Crippen LogP contribution in [0.15, 0.2) is 0 Å². The molecule has 1 rings (SSSR count). The largest absolute Gasteiger partial charge is 0.466 e. The van der Waals surface area contributed by atoms with Crippen LogP contribution in [0.4, 0.5) is 0 Å². The van der Waals surface area contributed by atoms with Gasteiger partial charge in [-0.05, 0) is 19.8 Å². The van der Waals surface area contributed by atoms with E-state index in [-0.39, 0.29) is 11.9 Å². The molecule has 2 heteroatoms. The molecule has 0 saturated heterocycles. The number of carbonyl (C=O) groups is 1. The van der Waals surface area contributed by atoms with Gasteiger partial charge >= 0.3 is 5.97 Å². The Kier molecular flexibility index (Phi) is 7.28. The zero-order valence-corrected chi connectivity index (χ0v) is 10.7. The first-order valence-electron chi connectivity index (χ1n) is 7.01. The van der Waals surface area contributed by atoms with Gasteiger partial charge in [0.05, 0.1) is 12.5 Å². The number of hydrogen-bond donors (Lipinski definition) is 0. The minimum atomic E-state index is 0.0433. The topological polar surface area (TPSA) is 26.3 Å². The van der Waals surface area contributed by atoms with E-state index in [2.05, 4.69) is 0 Å². The monoisotopic (exact) mass is 226 g/mol. The smallest absolute Gasteiger partial charge is 0.308 e. The molecule has 1 fully saturated rings. The maximum Gasteiger partial charge on any atom is 0.308 e. The number of carbonyl (C=O) groups excluding carboxylic acids is 1. The summed E-state index contributed by atoms with van der Waals surface area (Å²) >= 11 is 0. The van der Waals surface area contributed by atoms with E-state index in [1.807, 2.05) is 6.92 Å². The van der Waals surface area contributed by atoms with Crippen molar-refractivity contribution in [3.63, 3.8) is 0 Å².